The highest BCUT2D eigenvalue weighted by molar-refractivity contribution is 7.99. The number of benzene rings is 1. The lowest BCUT2D eigenvalue weighted by molar-refractivity contribution is 0.370. The lowest BCUT2D eigenvalue weighted by Crippen LogP contribution is -2.03. The van der Waals surface area contributed by atoms with Gasteiger partial charge in [0.25, 0.3) is 0 Å². The molecular formula is C16H14N4O2S. The minimum atomic E-state index is 0.462. The molecule has 1 aromatic carbocycles. The molecule has 0 bridgehead atoms. The highest BCUT2D eigenvalue weighted by atomic mass is 32.2. The summed E-state index contributed by atoms with van der Waals surface area (Å²) in [5.41, 5.74) is 7.80. The number of para-hydroxylation sites is 1. The van der Waals surface area contributed by atoms with Gasteiger partial charge in [0.2, 0.25) is 5.88 Å². The third-order valence-corrected chi connectivity index (χ3v) is 3.94. The van der Waals surface area contributed by atoms with Crippen LogP contribution in [0.15, 0.2) is 53.1 Å². The lowest BCUT2D eigenvalue weighted by atomic mass is 10.2. The quantitative estimate of drug-likeness (QED) is 0.448. The predicted octanol–water partition coefficient (Wildman–Crippen LogP) is 3.13. The first-order valence-electron chi connectivity index (χ1n) is 7.09. The summed E-state index contributed by atoms with van der Waals surface area (Å²) < 4.78 is 13.2. The van der Waals surface area contributed by atoms with E-state index in [1.54, 1.807) is 16.8 Å². The summed E-state index contributed by atoms with van der Waals surface area (Å²) in [4.78, 5) is 4.36. The Balaban J connectivity index is 1.75. The van der Waals surface area contributed by atoms with Crippen LogP contribution in [-0.4, -0.2) is 26.4 Å². The molecule has 7 heteroatoms. The number of hydrogen-bond acceptors (Lipinski definition) is 6. The fourth-order valence-electron chi connectivity index (χ4n) is 2.36. The topological polar surface area (TPSA) is 78.6 Å². The molecule has 2 N–H and O–H groups in total. The van der Waals surface area contributed by atoms with E-state index in [1.165, 1.54) is 11.8 Å². The van der Waals surface area contributed by atoms with Crippen LogP contribution in [0.2, 0.25) is 0 Å². The molecule has 0 aliphatic rings. The maximum Gasteiger partial charge on any atom is 0.232 e. The van der Waals surface area contributed by atoms with Gasteiger partial charge in [-0.1, -0.05) is 18.2 Å². The van der Waals surface area contributed by atoms with Gasteiger partial charge in [-0.2, -0.15) is 0 Å². The number of furan rings is 1. The van der Waals surface area contributed by atoms with E-state index in [1.807, 2.05) is 36.4 Å². The zero-order valence-corrected chi connectivity index (χ0v) is 13.0. The molecular weight excluding hydrogens is 312 g/mol. The fraction of sp³-hybridized carbons (Fsp3) is 0.125. The number of fused-ring (bicyclic) bond motifs is 2. The Kier molecular flexibility index (Phi) is 3.64. The highest BCUT2D eigenvalue weighted by Crippen LogP contribution is 2.28. The molecule has 0 aliphatic heterocycles. The van der Waals surface area contributed by atoms with Crippen molar-refractivity contribution in [3.05, 3.63) is 48.7 Å². The number of nitrogens with zero attached hydrogens (tertiary/aromatic N) is 3. The standard InChI is InChI=1S/C16H14N4O2S/c17-9-23-10-21-16-6-5-15-18-8-12(20(15)19-16)14-7-11-3-1-2-4-13(11)22-14/h1-8H,9-10,17H2. The Bertz CT molecular complexity index is 930. The van der Waals surface area contributed by atoms with Gasteiger partial charge in [-0.25, -0.2) is 9.50 Å². The van der Waals surface area contributed by atoms with Gasteiger partial charge in [-0.15, -0.1) is 16.9 Å². The van der Waals surface area contributed by atoms with Crippen molar-refractivity contribution < 1.29 is 9.15 Å². The smallest absolute Gasteiger partial charge is 0.232 e. The fourth-order valence-corrected chi connectivity index (χ4v) is 2.66. The van der Waals surface area contributed by atoms with Crippen LogP contribution in [0.25, 0.3) is 28.1 Å². The van der Waals surface area contributed by atoms with Crippen LogP contribution in [0, 0.1) is 0 Å². The number of ether oxygens (including phenoxy) is 1. The van der Waals surface area contributed by atoms with Crippen molar-refractivity contribution >= 4 is 28.4 Å². The average molecular weight is 326 g/mol. The Morgan fingerprint density at radius 1 is 1.22 bits per heavy atom. The molecule has 0 amide bonds. The SMILES string of the molecule is NCSCOc1ccc2ncc(-c3cc4ccccc4o3)n2n1. The Labute approximate surface area is 136 Å². The van der Waals surface area contributed by atoms with E-state index >= 15 is 0 Å². The first-order valence-corrected chi connectivity index (χ1v) is 8.25. The minimum absolute atomic E-state index is 0.462. The van der Waals surface area contributed by atoms with Gasteiger partial charge in [-0.3, -0.25) is 0 Å². The van der Waals surface area contributed by atoms with Crippen LogP contribution >= 0.6 is 11.8 Å². The van der Waals surface area contributed by atoms with Crippen molar-refractivity contribution in [3.63, 3.8) is 0 Å². The van der Waals surface area contributed by atoms with E-state index in [-0.39, 0.29) is 0 Å². The number of nitrogens with two attached hydrogens (primary N) is 1. The Morgan fingerprint density at radius 2 is 2.13 bits per heavy atom. The molecule has 0 unspecified atom stereocenters. The molecule has 0 saturated carbocycles. The van der Waals surface area contributed by atoms with Gasteiger partial charge < -0.3 is 14.9 Å². The molecule has 116 valence electrons. The summed E-state index contributed by atoms with van der Waals surface area (Å²) in [5, 5.41) is 5.52. The monoisotopic (exact) mass is 326 g/mol. The summed E-state index contributed by atoms with van der Waals surface area (Å²) in [7, 11) is 0. The van der Waals surface area contributed by atoms with Crippen LogP contribution in [0.1, 0.15) is 0 Å². The van der Waals surface area contributed by atoms with Crippen molar-refractivity contribution in [3.8, 4) is 17.3 Å². The second-order valence-corrected chi connectivity index (χ2v) is 5.84. The summed E-state index contributed by atoms with van der Waals surface area (Å²) in [6.45, 7) is 0. The van der Waals surface area contributed by atoms with Crippen LogP contribution in [0.5, 0.6) is 5.88 Å². The summed E-state index contributed by atoms with van der Waals surface area (Å²) in [6.07, 6.45) is 1.75. The first-order chi connectivity index (χ1) is 11.3. The zero-order chi connectivity index (χ0) is 15.6. The number of aromatic nitrogens is 3. The van der Waals surface area contributed by atoms with Gasteiger partial charge in [0.05, 0.1) is 6.20 Å². The van der Waals surface area contributed by atoms with E-state index < -0.39 is 0 Å². The highest BCUT2D eigenvalue weighted by Gasteiger charge is 2.13. The molecule has 23 heavy (non-hydrogen) atoms. The van der Waals surface area contributed by atoms with Gasteiger partial charge >= 0.3 is 0 Å². The second kappa shape index (κ2) is 5.94. The molecule has 0 fully saturated rings. The summed E-state index contributed by atoms with van der Waals surface area (Å²) in [5.74, 6) is 2.22. The van der Waals surface area contributed by atoms with Crippen molar-refractivity contribution in [1.29, 1.82) is 0 Å². The van der Waals surface area contributed by atoms with Crippen molar-refractivity contribution in [2.75, 3.05) is 11.8 Å². The maximum absolute atomic E-state index is 5.90. The molecule has 0 saturated heterocycles. The number of rotatable bonds is 5. The number of imidazole rings is 1. The van der Waals surface area contributed by atoms with Crippen LogP contribution in [0.3, 0.4) is 0 Å². The normalized spacial score (nSPS) is 11.3. The largest absolute Gasteiger partial charge is 0.466 e. The summed E-state index contributed by atoms with van der Waals surface area (Å²) in [6, 6.07) is 13.5. The van der Waals surface area contributed by atoms with E-state index in [9.17, 15) is 0 Å². The second-order valence-electron chi connectivity index (χ2n) is 4.87. The van der Waals surface area contributed by atoms with Crippen molar-refractivity contribution in [2.45, 2.75) is 0 Å². The first kappa shape index (κ1) is 14.1. The van der Waals surface area contributed by atoms with Crippen LogP contribution in [0.4, 0.5) is 0 Å². The molecule has 4 aromatic rings. The van der Waals surface area contributed by atoms with Gasteiger partial charge in [-0.05, 0) is 18.2 Å². The summed E-state index contributed by atoms with van der Waals surface area (Å²) >= 11 is 1.49. The Morgan fingerprint density at radius 3 is 3.00 bits per heavy atom. The molecule has 0 atom stereocenters. The predicted molar refractivity (Wildman–Crippen MR) is 90.3 cm³/mol. The van der Waals surface area contributed by atoms with E-state index in [2.05, 4.69) is 10.1 Å². The molecule has 3 aromatic heterocycles. The van der Waals surface area contributed by atoms with E-state index in [0.717, 1.165) is 28.1 Å². The van der Waals surface area contributed by atoms with Crippen molar-refractivity contribution in [2.24, 2.45) is 5.73 Å². The van der Waals surface area contributed by atoms with E-state index in [4.69, 9.17) is 14.9 Å². The lowest BCUT2D eigenvalue weighted by Gasteiger charge is -2.04. The average Bonchev–Trinajstić information content (AvgIpc) is 3.18. The molecule has 6 nitrogen and oxygen atoms in total. The molecule has 3 heterocycles. The third kappa shape index (κ3) is 2.64. The number of hydrogen-bond donors (Lipinski definition) is 1. The third-order valence-electron chi connectivity index (χ3n) is 3.42. The van der Waals surface area contributed by atoms with Gasteiger partial charge in [0.1, 0.15) is 17.2 Å². The van der Waals surface area contributed by atoms with Gasteiger partial charge in [0, 0.05) is 17.3 Å². The molecule has 0 aliphatic carbocycles. The Hall–Kier alpha value is -2.51. The van der Waals surface area contributed by atoms with Gasteiger partial charge in [0.15, 0.2) is 11.4 Å². The van der Waals surface area contributed by atoms with Crippen LogP contribution < -0.4 is 10.5 Å². The van der Waals surface area contributed by atoms with E-state index in [0.29, 0.717) is 17.7 Å². The molecule has 0 spiro atoms. The minimum Gasteiger partial charge on any atom is -0.466 e. The maximum atomic E-state index is 5.90. The number of thioether (sulfide) groups is 1. The molecule has 0 radical (unpaired) electrons. The van der Waals surface area contributed by atoms with Crippen LogP contribution in [-0.2, 0) is 0 Å². The molecule has 4 rings (SSSR count). The zero-order valence-electron chi connectivity index (χ0n) is 12.2. The van der Waals surface area contributed by atoms with Crippen molar-refractivity contribution in [1.82, 2.24) is 14.6 Å².